The Hall–Kier alpha value is -1.66. The van der Waals surface area contributed by atoms with Crippen LogP contribution in [0.25, 0.3) is 0 Å². The van der Waals surface area contributed by atoms with Gasteiger partial charge in [-0.2, -0.15) is 0 Å². The normalized spacial score (nSPS) is 17.6. The van der Waals surface area contributed by atoms with E-state index in [1.807, 2.05) is 39.0 Å². The molecule has 1 amide bonds. The fourth-order valence-corrected chi connectivity index (χ4v) is 2.65. The first-order valence-corrected chi connectivity index (χ1v) is 8.57. The number of carbonyl (C=O) groups excluding carboxylic acids is 1. The van der Waals surface area contributed by atoms with Gasteiger partial charge < -0.3 is 20.1 Å². The summed E-state index contributed by atoms with van der Waals surface area (Å²) in [7, 11) is 0. The Balaban J connectivity index is 1.65. The summed E-state index contributed by atoms with van der Waals surface area (Å²) in [5, 5.41) is 0. The van der Waals surface area contributed by atoms with E-state index >= 15 is 0 Å². The molecule has 134 valence electrons. The van der Waals surface area contributed by atoms with Crippen LogP contribution in [0.3, 0.4) is 0 Å². The van der Waals surface area contributed by atoms with Crippen molar-refractivity contribution < 1.29 is 14.3 Å². The van der Waals surface area contributed by atoms with Gasteiger partial charge in [0.2, 0.25) is 0 Å². The first-order chi connectivity index (χ1) is 11.3. The van der Waals surface area contributed by atoms with Crippen molar-refractivity contribution in [2.24, 2.45) is 11.7 Å². The number of aromatic nitrogens is 1. The van der Waals surface area contributed by atoms with Crippen LogP contribution in [0, 0.1) is 5.92 Å². The Morgan fingerprint density at radius 3 is 2.67 bits per heavy atom. The fourth-order valence-electron chi connectivity index (χ4n) is 2.65. The molecule has 1 aliphatic heterocycles. The van der Waals surface area contributed by atoms with Crippen molar-refractivity contribution in [3.05, 3.63) is 30.1 Å². The molecule has 0 aromatic carbocycles. The number of ether oxygens (including phenoxy) is 2. The van der Waals surface area contributed by atoms with E-state index in [0.29, 0.717) is 19.1 Å². The van der Waals surface area contributed by atoms with Gasteiger partial charge in [0.1, 0.15) is 5.60 Å². The van der Waals surface area contributed by atoms with Crippen LogP contribution < -0.4 is 5.73 Å². The monoisotopic (exact) mass is 335 g/mol. The Morgan fingerprint density at radius 2 is 2.08 bits per heavy atom. The van der Waals surface area contributed by atoms with Crippen LogP contribution in [-0.4, -0.2) is 47.9 Å². The molecule has 1 fully saturated rings. The van der Waals surface area contributed by atoms with E-state index in [0.717, 1.165) is 31.6 Å². The highest BCUT2D eigenvalue weighted by Gasteiger charge is 2.26. The molecule has 1 aliphatic rings. The van der Waals surface area contributed by atoms with E-state index in [1.54, 1.807) is 11.1 Å². The summed E-state index contributed by atoms with van der Waals surface area (Å²) in [6, 6.07) is 5.50. The van der Waals surface area contributed by atoms with Gasteiger partial charge in [0.25, 0.3) is 0 Å². The van der Waals surface area contributed by atoms with Gasteiger partial charge in [0, 0.05) is 25.9 Å². The molecule has 1 unspecified atom stereocenters. The first-order valence-electron chi connectivity index (χ1n) is 8.57. The first kappa shape index (κ1) is 18.7. The highest BCUT2D eigenvalue weighted by atomic mass is 16.6. The summed E-state index contributed by atoms with van der Waals surface area (Å²) in [4.78, 5) is 18.0. The number of carbonyl (C=O) groups is 1. The minimum atomic E-state index is -0.446. The maximum atomic E-state index is 12.0. The van der Waals surface area contributed by atoms with Crippen LogP contribution in [0.1, 0.15) is 45.3 Å². The molecule has 0 bridgehead atoms. The van der Waals surface area contributed by atoms with Gasteiger partial charge in [-0.3, -0.25) is 4.98 Å². The van der Waals surface area contributed by atoms with Gasteiger partial charge in [-0.25, -0.2) is 4.79 Å². The topological polar surface area (TPSA) is 77.7 Å². The summed E-state index contributed by atoms with van der Waals surface area (Å²) in [5.74, 6) is 0.458. The minimum absolute atomic E-state index is 0.201. The zero-order valence-corrected chi connectivity index (χ0v) is 14.9. The summed E-state index contributed by atoms with van der Waals surface area (Å²) in [6.07, 6.45) is 3.37. The van der Waals surface area contributed by atoms with Crippen molar-refractivity contribution in [2.75, 3.05) is 26.3 Å². The molecule has 0 radical (unpaired) electrons. The Kier molecular flexibility index (Phi) is 6.57. The average molecular weight is 335 g/mol. The Labute approximate surface area is 144 Å². The van der Waals surface area contributed by atoms with Gasteiger partial charge in [-0.1, -0.05) is 6.07 Å². The number of pyridine rings is 1. The van der Waals surface area contributed by atoms with Crippen LogP contribution in [0.2, 0.25) is 0 Å². The molecular formula is C18H29N3O3. The van der Waals surface area contributed by atoms with Crippen molar-refractivity contribution in [1.29, 1.82) is 0 Å². The number of likely N-dealkylation sites (tertiary alicyclic amines) is 1. The van der Waals surface area contributed by atoms with Crippen LogP contribution >= 0.6 is 0 Å². The molecular weight excluding hydrogens is 306 g/mol. The third-order valence-corrected chi connectivity index (χ3v) is 3.98. The molecule has 2 heterocycles. The highest BCUT2D eigenvalue weighted by Crippen LogP contribution is 2.20. The lowest BCUT2D eigenvalue weighted by atomic mass is 9.98. The number of rotatable bonds is 5. The summed E-state index contributed by atoms with van der Waals surface area (Å²) in [6.45, 7) is 8.22. The summed E-state index contributed by atoms with van der Waals surface area (Å²) < 4.78 is 11.2. The van der Waals surface area contributed by atoms with Crippen molar-refractivity contribution in [1.82, 2.24) is 9.88 Å². The molecule has 24 heavy (non-hydrogen) atoms. The molecule has 1 aromatic rings. The molecule has 1 saturated heterocycles. The number of piperidine rings is 1. The molecule has 0 aliphatic carbocycles. The van der Waals surface area contributed by atoms with Gasteiger partial charge in [-0.05, 0) is 51.7 Å². The Morgan fingerprint density at radius 1 is 1.38 bits per heavy atom. The SMILES string of the molecule is CC(C)(C)OC(=O)N1CCC(COCC(N)c2ccccn2)CC1. The van der Waals surface area contributed by atoms with Crippen molar-refractivity contribution >= 4 is 6.09 Å². The largest absolute Gasteiger partial charge is 0.444 e. The predicted molar refractivity (Wildman–Crippen MR) is 92.5 cm³/mol. The maximum absolute atomic E-state index is 12.0. The van der Waals surface area contributed by atoms with E-state index in [-0.39, 0.29) is 12.1 Å². The van der Waals surface area contributed by atoms with Crippen LogP contribution in [0.15, 0.2) is 24.4 Å². The van der Waals surface area contributed by atoms with E-state index in [2.05, 4.69) is 4.98 Å². The van der Waals surface area contributed by atoms with E-state index in [1.165, 1.54) is 0 Å². The Bertz CT molecular complexity index is 508. The molecule has 0 saturated carbocycles. The predicted octanol–water partition coefficient (Wildman–Crippen LogP) is 2.75. The van der Waals surface area contributed by atoms with Gasteiger partial charge in [0.05, 0.1) is 18.3 Å². The van der Waals surface area contributed by atoms with Gasteiger partial charge in [0.15, 0.2) is 0 Å². The molecule has 1 aromatic heterocycles. The quantitative estimate of drug-likeness (QED) is 0.895. The lowest BCUT2D eigenvalue weighted by Crippen LogP contribution is -2.42. The number of nitrogens with zero attached hydrogens (tertiary/aromatic N) is 2. The molecule has 6 heteroatoms. The second-order valence-corrected chi connectivity index (χ2v) is 7.31. The third-order valence-electron chi connectivity index (χ3n) is 3.98. The molecule has 0 spiro atoms. The lowest BCUT2D eigenvalue weighted by Gasteiger charge is -2.33. The third kappa shape index (κ3) is 6.09. The maximum Gasteiger partial charge on any atom is 0.410 e. The zero-order chi connectivity index (χ0) is 17.6. The molecule has 2 rings (SSSR count). The molecule has 1 atom stereocenters. The van der Waals surface area contributed by atoms with E-state index in [9.17, 15) is 4.79 Å². The number of hydrogen-bond acceptors (Lipinski definition) is 5. The fraction of sp³-hybridized carbons (Fsp3) is 0.667. The van der Waals surface area contributed by atoms with Crippen molar-refractivity contribution in [3.63, 3.8) is 0 Å². The number of amides is 1. The minimum Gasteiger partial charge on any atom is -0.444 e. The molecule has 2 N–H and O–H groups in total. The van der Waals surface area contributed by atoms with Crippen LogP contribution in [-0.2, 0) is 9.47 Å². The average Bonchev–Trinajstić information content (AvgIpc) is 2.54. The highest BCUT2D eigenvalue weighted by molar-refractivity contribution is 5.68. The van der Waals surface area contributed by atoms with Crippen LogP contribution in [0.4, 0.5) is 4.79 Å². The second kappa shape index (κ2) is 8.44. The van der Waals surface area contributed by atoms with E-state index < -0.39 is 5.60 Å². The van der Waals surface area contributed by atoms with Crippen molar-refractivity contribution in [2.45, 2.75) is 45.3 Å². The zero-order valence-electron chi connectivity index (χ0n) is 14.9. The van der Waals surface area contributed by atoms with Crippen molar-refractivity contribution in [3.8, 4) is 0 Å². The van der Waals surface area contributed by atoms with Crippen LogP contribution in [0.5, 0.6) is 0 Å². The van der Waals surface area contributed by atoms with Gasteiger partial charge >= 0.3 is 6.09 Å². The van der Waals surface area contributed by atoms with E-state index in [4.69, 9.17) is 15.2 Å². The van der Waals surface area contributed by atoms with Gasteiger partial charge in [-0.15, -0.1) is 0 Å². The second-order valence-electron chi connectivity index (χ2n) is 7.31. The summed E-state index contributed by atoms with van der Waals surface area (Å²) >= 11 is 0. The smallest absolute Gasteiger partial charge is 0.410 e. The standard InChI is InChI=1S/C18H29N3O3/c1-18(2,3)24-17(22)21-10-7-14(8-11-21)12-23-13-15(19)16-6-4-5-9-20-16/h4-6,9,14-15H,7-8,10-13,19H2,1-3H3. The summed E-state index contributed by atoms with van der Waals surface area (Å²) in [5.41, 5.74) is 6.47. The number of hydrogen-bond donors (Lipinski definition) is 1. The molecule has 6 nitrogen and oxygen atoms in total. The number of nitrogens with two attached hydrogens (primary N) is 1. The lowest BCUT2D eigenvalue weighted by molar-refractivity contribution is 0.0109.